The number of hydrogen-bond donors (Lipinski definition) is 1. The first-order valence-electron chi connectivity index (χ1n) is 9.64. The number of carbonyl (C=O) groups excluding carboxylic acids is 1. The second-order valence-corrected chi connectivity index (χ2v) is 7.55. The molecule has 158 valence electrons. The molecule has 2 aliphatic rings. The van der Waals surface area contributed by atoms with Gasteiger partial charge in [-0.25, -0.2) is 0 Å². The lowest BCUT2D eigenvalue weighted by Gasteiger charge is -2.39. The fraction of sp³-hybridized carbons (Fsp3) is 0.286. The summed E-state index contributed by atoms with van der Waals surface area (Å²) in [6, 6.07) is 5.52. The van der Waals surface area contributed by atoms with Crippen LogP contribution in [-0.4, -0.2) is 20.5 Å². The van der Waals surface area contributed by atoms with Gasteiger partial charge >= 0.3 is 5.69 Å². The number of allylic oxidation sites excluding steroid dienone is 3. The molecule has 1 aromatic carbocycles. The molecule has 31 heavy (non-hydrogen) atoms. The Morgan fingerprint density at radius 3 is 2.74 bits per heavy atom. The fourth-order valence-corrected chi connectivity index (χ4v) is 4.37. The lowest BCUT2D eigenvalue weighted by molar-refractivity contribution is -0.387. The summed E-state index contributed by atoms with van der Waals surface area (Å²) in [4.78, 5) is 24.9. The van der Waals surface area contributed by atoms with Gasteiger partial charge in [-0.2, -0.15) is 14.8 Å². The van der Waals surface area contributed by atoms with Crippen LogP contribution >= 0.6 is 0 Å². The number of anilines is 1. The van der Waals surface area contributed by atoms with Gasteiger partial charge in [0.25, 0.3) is 0 Å². The summed E-state index contributed by atoms with van der Waals surface area (Å²) in [5, 5.41) is 25.6. The number of nitrogens with two attached hydrogens (primary N) is 1. The van der Waals surface area contributed by atoms with E-state index in [1.54, 1.807) is 24.9 Å². The Balaban J connectivity index is 1.99. The van der Waals surface area contributed by atoms with E-state index in [-0.39, 0.29) is 22.9 Å². The predicted molar refractivity (Wildman–Crippen MR) is 109 cm³/mol. The molecule has 2 heterocycles. The van der Waals surface area contributed by atoms with E-state index in [9.17, 15) is 24.6 Å². The lowest BCUT2D eigenvalue weighted by atomic mass is 9.75. The van der Waals surface area contributed by atoms with E-state index in [0.29, 0.717) is 41.8 Å². The van der Waals surface area contributed by atoms with Crippen molar-refractivity contribution in [3.8, 4) is 6.07 Å². The summed E-state index contributed by atoms with van der Waals surface area (Å²) in [7, 11) is 1.75. The van der Waals surface area contributed by atoms with Crippen molar-refractivity contribution in [3.05, 3.63) is 74.2 Å². The van der Waals surface area contributed by atoms with E-state index in [4.69, 9.17) is 5.73 Å². The topological polar surface area (TPSA) is 131 Å². The smallest absolute Gasteiger partial charge is 0.306 e. The van der Waals surface area contributed by atoms with Crippen LogP contribution in [0.3, 0.4) is 0 Å². The molecular formula is C21H19FN6O3. The van der Waals surface area contributed by atoms with Gasteiger partial charge < -0.3 is 5.73 Å². The molecule has 1 aliphatic carbocycles. The van der Waals surface area contributed by atoms with Gasteiger partial charge in [-0.1, -0.05) is 0 Å². The minimum atomic E-state index is -0.980. The second kappa shape index (κ2) is 7.36. The number of rotatable bonds is 3. The molecule has 0 amide bonds. The van der Waals surface area contributed by atoms with Crippen molar-refractivity contribution >= 4 is 17.2 Å². The molecule has 2 N–H and O–H groups in total. The van der Waals surface area contributed by atoms with Crippen LogP contribution in [0.2, 0.25) is 0 Å². The highest BCUT2D eigenvalue weighted by atomic mass is 19.1. The van der Waals surface area contributed by atoms with Crippen LogP contribution in [-0.2, 0) is 11.8 Å². The largest absolute Gasteiger partial charge is 0.384 e. The molecule has 10 heteroatoms. The van der Waals surface area contributed by atoms with Gasteiger partial charge in [0.05, 0.1) is 33.9 Å². The van der Waals surface area contributed by atoms with Gasteiger partial charge in [-0.05, 0) is 31.9 Å². The molecule has 0 fully saturated rings. The summed E-state index contributed by atoms with van der Waals surface area (Å²) in [5.74, 6) is -1.71. The number of nitrogens with zero attached hydrogens (tertiary/aromatic N) is 5. The number of hydrogen-bond acceptors (Lipinski definition) is 7. The number of ketones is 1. The highest BCUT2D eigenvalue weighted by Crippen LogP contribution is 2.47. The van der Waals surface area contributed by atoms with Crippen LogP contribution in [0.15, 0.2) is 47.1 Å². The third-order valence-corrected chi connectivity index (χ3v) is 5.66. The average molecular weight is 422 g/mol. The number of nitriles is 1. The maximum absolute atomic E-state index is 13.9. The molecule has 9 nitrogen and oxygen atoms in total. The van der Waals surface area contributed by atoms with Crippen molar-refractivity contribution in [2.45, 2.75) is 32.1 Å². The van der Waals surface area contributed by atoms with Crippen molar-refractivity contribution in [2.75, 3.05) is 4.90 Å². The zero-order valence-corrected chi connectivity index (χ0v) is 16.9. The van der Waals surface area contributed by atoms with Gasteiger partial charge in [0.15, 0.2) is 5.78 Å². The molecule has 0 saturated carbocycles. The Morgan fingerprint density at radius 2 is 2.13 bits per heavy atom. The maximum atomic E-state index is 13.9. The molecule has 0 unspecified atom stereocenters. The number of nitro groups is 1. The number of halogens is 1. The monoisotopic (exact) mass is 422 g/mol. The highest BCUT2D eigenvalue weighted by Gasteiger charge is 2.41. The van der Waals surface area contributed by atoms with Crippen molar-refractivity contribution in [3.63, 3.8) is 0 Å². The first-order valence-corrected chi connectivity index (χ1v) is 9.64. The third-order valence-electron chi connectivity index (χ3n) is 5.66. The Labute approximate surface area is 177 Å². The summed E-state index contributed by atoms with van der Waals surface area (Å²) < 4.78 is 15.5. The molecule has 1 aromatic heterocycles. The van der Waals surface area contributed by atoms with Crippen molar-refractivity contribution in [2.24, 2.45) is 12.8 Å². The van der Waals surface area contributed by atoms with Gasteiger partial charge in [0, 0.05) is 42.6 Å². The highest BCUT2D eigenvalue weighted by molar-refractivity contribution is 6.01. The van der Waals surface area contributed by atoms with Gasteiger partial charge in [0.1, 0.15) is 5.82 Å². The number of Topliss-reactive ketones (excluding diaryl/α,β-unsaturated/α-hetero) is 1. The Kier molecular flexibility index (Phi) is 4.81. The van der Waals surface area contributed by atoms with E-state index in [1.807, 2.05) is 0 Å². The molecule has 0 bridgehead atoms. The van der Waals surface area contributed by atoms with Gasteiger partial charge in [-0.15, -0.1) is 0 Å². The van der Waals surface area contributed by atoms with E-state index >= 15 is 0 Å². The number of aromatic nitrogens is 2. The number of benzene rings is 1. The summed E-state index contributed by atoms with van der Waals surface area (Å²) in [6.07, 6.45) is 3.15. The molecule has 4 rings (SSSR count). The molecule has 0 saturated heterocycles. The number of aryl methyl sites for hydroxylation is 2. The van der Waals surface area contributed by atoms with E-state index in [2.05, 4.69) is 11.2 Å². The fourth-order valence-electron chi connectivity index (χ4n) is 4.37. The minimum Gasteiger partial charge on any atom is -0.384 e. The summed E-state index contributed by atoms with van der Waals surface area (Å²) in [5.41, 5.74) is 8.45. The zero-order chi connectivity index (χ0) is 22.4. The van der Waals surface area contributed by atoms with Crippen molar-refractivity contribution in [1.82, 2.24) is 9.78 Å². The van der Waals surface area contributed by atoms with E-state index in [0.717, 1.165) is 12.1 Å². The van der Waals surface area contributed by atoms with Gasteiger partial charge in [-0.3, -0.25) is 24.5 Å². The standard InChI is InChI=1S/C21H19FN6O3/c1-11-14(10-26(2)25-11)19-13(9-23)21(24)27(16-4-3-5-18(29)20(16)19)12-6-7-15(22)17(8-12)28(30)31/h6-8,10,19H,3-5,24H2,1-2H3/t19-/m0/s1. The van der Waals surface area contributed by atoms with E-state index in [1.165, 1.54) is 11.0 Å². The molecule has 1 atom stereocenters. The summed E-state index contributed by atoms with van der Waals surface area (Å²) >= 11 is 0. The second-order valence-electron chi connectivity index (χ2n) is 7.55. The Hall–Kier alpha value is -4.00. The normalized spacial score (nSPS) is 18.8. The Bertz CT molecular complexity index is 1240. The number of carbonyl (C=O) groups is 1. The first kappa shape index (κ1) is 20.3. The van der Waals surface area contributed by atoms with Crippen LogP contribution in [0.4, 0.5) is 15.8 Å². The molecule has 2 aromatic rings. The lowest BCUT2D eigenvalue weighted by Crippen LogP contribution is -2.38. The maximum Gasteiger partial charge on any atom is 0.306 e. The SMILES string of the molecule is Cc1nn(C)cc1[C@@H]1C(C#N)=C(N)N(c2ccc(F)c([N+](=O)[O-])c2)C2=C1C(=O)CCC2. The van der Waals surface area contributed by atoms with Crippen LogP contribution in [0.25, 0.3) is 0 Å². The van der Waals surface area contributed by atoms with Crippen molar-refractivity contribution < 1.29 is 14.1 Å². The van der Waals surface area contributed by atoms with Crippen LogP contribution in [0, 0.1) is 34.2 Å². The van der Waals surface area contributed by atoms with Crippen LogP contribution < -0.4 is 10.6 Å². The number of nitro benzene ring substituents is 1. The van der Waals surface area contributed by atoms with Crippen molar-refractivity contribution in [1.29, 1.82) is 5.26 Å². The van der Waals surface area contributed by atoms with E-state index < -0.39 is 22.3 Å². The minimum absolute atomic E-state index is 0.0603. The zero-order valence-electron chi connectivity index (χ0n) is 16.9. The molecule has 0 spiro atoms. The first-order chi connectivity index (χ1) is 14.7. The third kappa shape index (κ3) is 3.15. The quantitative estimate of drug-likeness (QED) is 0.594. The van der Waals surface area contributed by atoms with Crippen LogP contribution in [0.5, 0.6) is 0 Å². The average Bonchev–Trinajstić information content (AvgIpc) is 3.05. The van der Waals surface area contributed by atoms with Crippen LogP contribution in [0.1, 0.15) is 36.4 Å². The molecule has 0 radical (unpaired) electrons. The van der Waals surface area contributed by atoms with Gasteiger partial charge in [0.2, 0.25) is 5.82 Å². The Morgan fingerprint density at radius 1 is 1.39 bits per heavy atom. The molecular weight excluding hydrogens is 403 g/mol. The predicted octanol–water partition coefficient (Wildman–Crippen LogP) is 3.08. The summed E-state index contributed by atoms with van der Waals surface area (Å²) in [6.45, 7) is 1.80. The molecule has 1 aliphatic heterocycles.